The molecule has 0 bridgehead atoms. The smallest absolute Gasteiger partial charge is 0.119 e. The van der Waals surface area contributed by atoms with Gasteiger partial charge in [-0.1, -0.05) is 48.0 Å². The summed E-state index contributed by atoms with van der Waals surface area (Å²) >= 11 is 6.18. The van der Waals surface area contributed by atoms with Crippen molar-refractivity contribution in [2.75, 3.05) is 39.3 Å². The lowest BCUT2D eigenvalue weighted by Gasteiger charge is -2.40. The summed E-state index contributed by atoms with van der Waals surface area (Å²) in [4.78, 5) is 9.93. The molecule has 3 aromatic rings. The molecular weight excluding hydrogens is 430 g/mol. The molecule has 2 aliphatic rings. The number of aromatic nitrogens is 1. The Hall–Kier alpha value is -2.40. The van der Waals surface area contributed by atoms with Gasteiger partial charge in [-0.3, -0.25) is 14.8 Å². The van der Waals surface area contributed by atoms with Crippen molar-refractivity contribution in [3.05, 3.63) is 95.3 Å². The Bertz CT molecular complexity index is 1000. The molecule has 2 fully saturated rings. The average molecular weight is 462 g/mol. The van der Waals surface area contributed by atoms with Gasteiger partial charge in [0.05, 0.1) is 11.7 Å². The first kappa shape index (κ1) is 22.4. The molecule has 5 rings (SSSR count). The van der Waals surface area contributed by atoms with Gasteiger partial charge in [0.15, 0.2) is 0 Å². The van der Waals surface area contributed by atoms with Crippen molar-refractivity contribution < 1.29 is 4.74 Å². The van der Waals surface area contributed by atoms with Crippen LogP contribution in [0.25, 0.3) is 0 Å². The van der Waals surface area contributed by atoms with Crippen LogP contribution in [0.5, 0.6) is 5.75 Å². The Morgan fingerprint density at radius 3 is 2.33 bits per heavy atom. The van der Waals surface area contributed by atoms with Crippen molar-refractivity contribution in [1.82, 2.24) is 14.8 Å². The van der Waals surface area contributed by atoms with E-state index in [-0.39, 0.29) is 6.04 Å². The molecule has 0 unspecified atom stereocenters. The number of rotatable bonds is 7. The molecule has 2 aliphatic heterocycles. The lowest BCUT2D eigenvalue weighted by Crippen LogP contribution is -2.43. The molecule has 33 heavy (non-hydrogen) atoms. The second-order valence-corrected chi connectivity index (χ2v) is 9.87. The zero-order valence-corrected chi connectivity index (χ0v) is 19.8. The number of likely N-dealkylation sites (tertiary alicyclic amines) is 2. The molecule has 0 amide bonds. The first-order chi connectivity index (χ1) is 16.2. The Kier molecular flexibility index (Phi) is 6.96. The normalized spacial score (nSPS) is 19.5. The van der Waals surface area contributed by atoms with Crippen LogP contribution in [0.15, 0.2) is 79.0 Å². The molecule has 4 nitrogen and oxygen atoms in total. The number of halogens is 1. The molecule has 0 radical (unpaired) electrons. The van der Waals surface area contributed by atoms with Crippen molar-refractivity contribution in [2.45, 2.75) is 25.3 Å². The quantitative estimate of drug-likeness (QED) is 0.451. The predicted octanol–water partition coefficient (Wildman–Crippen LogP) is 5.69. The van der Waals surface area contributed by atoms with Crippen molar-refractivity contribution in [1.29, 1.82) is 0 Å². The van der Waals surface area contributed by atoms with E-state index in [0.717, 1.165) is 55.8 Å². The molecule has 5 heteroatoms. The van der Waals surface area contributed by atoms with Crippen LogP contribution >= 0.6 is 11.6 Å². The first-order valence-corrected chi connectivity index (χ1v) is 12.4. The minimum absolute atomic E-state index is 0.181. The average Bonchev–Trinajstić information content (AvgIpc) is 3.26. The third-order valence-corrected chi connectivity index (χ3v) is 7.57. The van der Waals surface area contributed by atoms with E-state index in [2.05, 4.69) is 34.1 Å². The minimum atomic E-state index is 0.181. The largest absolute Gasteiger partial charge is 0.492 e. The SMILES string of the molecule is Clc1ccc([C@H](c2ccccn2)N2CCC3(CCN(CCOc4ccccc4)CC3)C2)cc1. The summed E-state index contributed by atoms with van der Waals surface area (Å²) in [6, 6.07) is 24.8. The molecule has 1 spiro atoms. The molecule has 2 saturated heterocycles. The maximum atomic E-state index is 6.18. The molecule has 2 aromatic carbocycles. The van der Waals surface area contributed by atoms with E-state index in [1.165, 1.54) is 24.8 Å². The van der Waals surface area contributed by atoms with E-state index in [1.54, 1.807) is 0 Å². The number of benzene rings is 2. The summed E-state index contributed by atoms with van der Waals surface area (Å²) in [7, 11) is 0. The van der Waals surface area contributed by atoms with Crippen LogP contribution < -0.4 is 4.74 Å². The highest BCUT2D eigenvalue weighted by atomic mass is 35.5. The highest BCUT2D eigenvalue weighted by molar-refractivity contribution is 6.30. The zero-order valence-electron chi connectivity index (χ0n) is 19.1. The highest BCUT2D eigenvalue weighted by Gasteiger charge is 2.43. The summed E-state index contributed by atoms with van der Waals surface area (Å²) in [5, 5.41) is 0.778. The van der Waals surface area contributed by atoms with Crippen LogP contribution in [0.2, 0.25) is 5.02 Å². The molecule has 1 atom stereocenters. The molecule has 1 aromatic heterocycles. The lowest BCUT2D eigenvalue weighted by molar-refractivity contribution is 0.0922. The van der Waals surface area contributed by atoms with Gasteiger partial charge in [0.1, 0.15) is 12.4 Å². The Morgan fingerprint density at radius 1 is 0.879 bits per heavy atom. The number of nitrogens with zero attached hydrogens (tertiary/aromatic N) is 3. The Morgan fingerprint density at radius 2 is 1.61 bits per heavy atom. The van der Waals surface area contributed by atoms with Gasteiger partial charge in [0.2, 0.25) is 0 Å². The van der Waals surface area contributed by atoms with Gasteiger partial charge >= 0.3 is 0 Å². The van der Waals surface area contributed by atoms with Gasteiger partial charge in [-0.05, 0) is 86.3 Å². The topological polar surface area (TPSA) is 28.6 Å². The molecule has 3 heterocycles. The van der Waals surface area contributed by atoms with Gasteiger partial charge in [-0.15, -0.1) is 0 Å². The number of para-hydroxylation sites is 1. The van der Waals surface area contributed by atoms with Gasteiger partial charge in [0.25, 0.3) is 0 Å². The standard InChI is InChI=1S/C28H32ClN3O/c29-24-11-9-23(10-12-24)27(26-8-4-5-16-30-26)32-19-15-28(22-32)13-17-31(18-14-28)20-21-33-25-6-2-1-3-7-25/h1-12,16,27H,13-15,17-22H2/t27-/m1/s1. The minimum Gasteiger partial charge on any atom is -0.492 e. The zero-order chi connectivity index (χ0) is 22.5. The summed E-state index contributed by atoms with van der Waals surface area (Å²) < 4.78 is 5.91. The van der Waals surface area contributed by atoms with Crippen LogP contribution in [0.3, 0.4) is 0 Å². The molecule has 0 saturated carbocycles. The van der Waals surface area contributed by atoms with E-state index in [0.29, 0.717) is 5.41 Å². The second-order valence-electron chi connectivity index (χ2n) is 9.43. The fourth-order valence-corrected chi connectivity index (χ4v) is 5.54. The maximum Gasteiger partial charge on any atom is 0.119 e. The number of hydrogen-bond acceptors (Lipinski definition) is 4. The summed E-state index contributed by atoms with van der Waals surface area (Å²) in [5.74, 6) is 0.958. The van der Waals surface area contributed by atoms with Crippen LogP contribution in [-0.4, -0.2) is 54.1 Å². The van der Waals surface area contributed by atoms with Crippen LogP contribution in [-0.2, 0) is 0 Å². The number of hydrogen-bond donors (Lipinski definition) is 0. The van der Waals surface area contributed by atoms with Gasteiger partial charge in [-0.2, -0.15) is 0 Å². The monoisotopic (exact) mass is 461 g/mol. The van der Waals surface area contributed by atoms with Crippen LogP contribution in [0, 0.1) is 5.41 Å². The molecular formula is C28H32ClN3O. The molecule has 0 aliphatic carbocycles. The first-order valence-electron chi connectivity index (χ1n) is 12.0. The van der Waals surface area contributed by atoms with E-state index >= 15 is 0 Å². The summed E-state index contributed by atoms with van der Waals surface area (Å²) in [6.07, 6.45) is 5.67. The molecule has 172 valence electrons. The van der Waals surface area contributed by atoms with Crippen molar-refractivity contribution in [2.24, 2.45) is 5.41 Å². The van der Waals surface area contributed by atoms with E-state index < -0.39 is 0 Å². The molecule has 0 N–H and O–H groups in total. The van der Waals surface area contributed by atoms with Crippen molar-refractivity contribution >= 4 is 11.6 Å². The van der Waals surface area contributed by atoms with Crippen molar-refractivity contribution in [3.8, 4) is 5.75 Å². The fraction of sp³-hybridized carbons (Fsp3) is 0.393. The summed E-state index contributed by atoms with van der Waals surface area (Å²) in [6.45, 7) is 6.30. The Balaban J connectivity index is 1.20. The number of piperidine rings is 1. The maximum absolute atomic E-state index is 6.18. The van der Waals surface area contributed by atoms with Crippen LogP contribution in [0.1, 0.15) is 36.6 Å². The van der Waals surface area contributed by atoms with Crippen LogP contribution in [0.4, 0.5) is 0 Å². The van der Waals surface area contributed by atoms with Crippen molar-refractivity contribution in [3.63, 3.8) is 0 Å². The third-order valence-electron chi connectivity index (χ3n) is 7.32. The lowest BCUT2D eigenvalue weighted by atomic mass is 9.77. The van der Waals surface area contributed by atoms with E-state index in [9.17, 15) is 0 Å². The number of ether oxygens (including phenoxy) is 1. The van der Waals surface area contributed by atoms with E-state index in [1.807, 2.05) is 54.7 Å². The second kappa shape index (κ2) is 10.3. The van der Waals surface area contributed by atoms with Gasteiger partial charge in [-0.25, -0.2) is 0 Å². The van der Waals surface area contributed by atoms with E-state index in [4.69, 9.17) is 21.3 Å². The Labute approximate surface area is 202 Å². The van der Waals surface area contributed by atoms with Gasteiger partial charge in [0, 0.05) is 24.3 Å². The highest BCUT2D eigenvalue weighted by Crippen LogP contribution is 2.44. The van der Waals surface area contributed by atoms with Gasteiger partial charge < -0.3 is 4.74 Å². The fourth-order valence-electron chi connectivity index (χ4n) is 5.41. The predicted molar refractivity (Wildman–Crippen MR) is 134 cm³/mol. The number of pyridine rings is 1. The third kappa shape index (κ3) is 5.40. The summed E-state index contributed by atoms with van der Waals surface area (Å²) in [5.41, 5.74) is 2.80.